The van der Waals surface area contributed by atoms with E-state index in [0.717, 1.165) is 31.4 Å². The van der Waals surface area contributed by atoms with Gasteiger partial charge in [-0.15, -0.1) is 0 Å². The van der Waals surface area contributed by atoms with Crippen LogP contribution < -0.4 is 5.32 Å². The second-order valence-electron chi connectivity index (χ2n) is 5.78. The molecule has 0 bridgehead atoms. The third-order valence-electron chi connectivity index (χ3n) is 4.01. The van der Waals surface area contributed by atoms with E-state index in [1.54, 1.807) is 0 Å². The average Bonchev–Trinajstić information content (AvgIpc) is 3.00. The number of carbonyl (C=O) groups is 1. The Kier molecular flexibility index (Phi) is 4.42. The smallest absolute Gasteiger partial charge is 0.323 e. The van der Waals surface area contributed by atoms with Gasteiger partial charge in [0.05, 0.1) is 5.56 Å². The van der Waals surface area contributed by atoms with Gasteiger partial charge in [0.2, 0.25) is 5.91 Å². The van der Waals surface area contributed by atoms with Crippen molar-refractivity contribution in [1.82, 2.24) is 0 Å². The Morgan fingerprint density at radius 2 is 1.83 bits per heavy atom. The zero-order valence-corrected chi connectivity index (χ0v) is 12.9. The Bertz CT molecular complexity index is 793. The molecule has 0 aliphatic heterocycles. The lowest BCUT2D eigenvalue weighted by atomic mass is 10.1. The summed E-state index contributed by atoms with van der Waals surface area (Å²) in [4.78, 5) is 11.9. The zero-order chi connectivity index (χ0) is 17.2. The van der Waals surface area contributed by atoms with E-state index in [-0.39, 0.29) is 5.91 Å². The molecule has 124 valence electrons. The Morgan fingerprint density at radius 3 is 2.62 bits per heavy atom. The monoisotopic (exact) mass is 331 g/mol. The number of hydrogen-bond acceptors (Lipinski definition) is 1. The number of amides is 1. The number of carbonyl (C=O) groups excluding carboxylic acids is 1. The summed E-state index contributed by atoms with van der Waals surface area (Å²) in [5.41, 5.74) is 2.86. The van der Waals surface area contributed by atoms with E-state index in [2.05, 4.69) is 5.32 Å². The number of rotatable bonds is 3. The normalized spacial score (nSPS) is 14.0. The molecular formula is C19H16F3NO. The molecule has 1 aliphatic rings. The Hall–Kier alpha value is -2.56. The third kappa shape index (κ3) is 3.85. The molecule has 2 aromatic rings. The molecule has 0 fully saturated rings. The number of halogens is 3. The van der Waals surface area contributed by atoms with Crippen molar-refractivity contribution in [3.05, 3.63) is 70.8 Å². The van der Waals surface area contributed by atoms with Gasteiger partial charge in [-0.2, -0.15) is 13.2 Å². The lowest BCUT2D eigenvalue weighted by Gasteiger charge is -2.07. The highest BCUT2D eigenvalue weighted by molar-refractivity contribution is 6.02. The summed E-state index contributed by atoms with van der Waals surface area (Å²) < 4.78 is 38.0. The van der Waals surface area contributed by atoms with Crippen molar-refractivity contribution in [2.24, 2.45) is 0 Å². The topological polar surface area (TPSA) is 29.1 Å². The molecule has 0 saturated carbocycles. The van der Waals surface area contributed by atoms with Crippen LogP contribution in [0, 0.1) is 0 Å². The van der Waals surface area contributed by atoms with Crippen molar-refractivity contribution in [1.29, 1.82) is 0 Å². The Labute approximate surface area is 138 Å². The van der Waals surface area contributed by atoms with E-state index in [0.29, 0.717) is 11.3 Å². The summed E-state index contributed by atoms with van der Waals surface area (Å²) in [6, 6.07) is 10.7. The van der Waals surface area contributed by atoms with Crippen molar-refractivity contribution >= 4 is 17.7 Å². The number of nitrogens with one attached hydrogen (secondary N) is 1. The molecule has 0 heterocycles. The Morgan fingerprint density at radius 1 is 1.04 bits per heavy atom. The minimum absolute atomic E-state index is 0.328. The molecule has 2 nitrogen and oxygen atoms in total. The van der Waals surface area contributed by atoms with Crippen LogP contribution in [0.3, 0.4) is 0 Å². The van der Waals surface area contributed by atoms with Crippen LogP contribution in [0.25, 0.3) is 6.08 Å². The maximum Gasteiger partial charge on any atom is 0.416 e. The first-order chi connectivity index (χ1) is 11.4. The molecule has 0 saturated heterocycles. The van der Waals surface area contributed by atoms with E-state index in [1.165, 1.54) is 35.4 Å². The van der Waals surface area contributed by atoms with Crippen LogP contribution in [0.5, 0.6) is 0 Å². The van der Waals surface area contributed by atoms with Gasteiger partial charge in [0.25, 0.3) is 0 Å². The van der Waals surface area contributed by atoms with E-state index in [9.17, 15) is 18.0 Å². The van der Waals surface area contributed by atoms with Crippen molar-refractivity contribution in [3.63, 3.8) is 0 Å². The van der Waals surface area contributed by atoms with Gasteiger partial charge < -0.3 is 5.32 Å². The van der Waals surface area contributed by atoms with Crippen molar-refractivity contribution in [3.8, 4) is 0 Å². The van der Waals surface area contributed by atoms with E-state index >= 15 is 0 Å². The highest BCUT2D eigenvalue weighted by Crippen LogP contribution is 2.29. The molecular weight excluding hydrogens is 315 g/mol. The maximum absolute atomic E-state index is 12.7. The quantitative estimate of drug-likeness (QED) is 0.801. The summed E-state index contributed by atoms with van der Waals surface area (Å²) in [6.07, 6.45) is 1.43. The van der Waals surface area contributed by atoms with Crippen LogP contribution in [0.15, 0.2) is 48.5 Å². The minimum atomic E-state index is -4.39. The lowest BCUT2D eigenvalue weighted by molar-refractivity contribution is -0.137. The van der Waals surface area contributed by atoms with Gasteiger partial charge in [-0.25, -0.2) is 0 Å². The van der Waals surface area contributed by atoms with Crippen molar-refractivity contribution < 1.29 is 18.0 Å². The summed E-state index contributed by atoms with van der Waals surface area (Å²) in [7, 11) is 0. The molecule has 2 aromatic carbocycles. The predicted octanol–water partition coefficient (Wildman–Crippen LogP) is 4.85. The minimum Gasteiger partial charge on any atom is -0.323 e. The van der Waals surface area contributed by atoms with Gasteiger partial charge in [-0.3, -0.25) is 4.79 Å². The molecule has 0 unspecified atom stereocenters. The number of alkyl halides is 3. The number of aryl methyl sites for hydroxylation is 2. The second kappa shape index (κ2) is 6.51. The standard InChI is InChI=1S/C19H16F3NO/c20-19(21,22)16-6-1-3-13(11-16)7-10-18(24)23-17-9-8-14-4-2-5-15(14)12-17/h1,3,6-12H,2,4-5H2,(H,23,24)/b10-7+. The van der Waals surface area contributed by atoms with Crippen LogP contribution in [0.1, 0.15) is 28.7 Å². The molecule has 1 N–H and O–H groups in total. The molecule has 0 atom stereocenters. The van der Waals surface area contributed by atoms with Gasteiger partial charge in [0, 0.05) is 11.8 Å². The highest BCUT2D eigenvalue weighted by Gasteiger charge is 2.30. The number of anilines is 1. The molecule has 0 spiro atoms. The average molecular weight is 331 g/mol. The summed E-state index contributed by atoms with van der Waals surface area (Å²) >= 11 is 0. The Balaban J connectivity index is 1.67. The SMILES string of the molecule is O=C(/C=C/c1cccc(C(F)(F)F)c1)Nc1ccc2c(c1)CCC2. The number of fused-ring (bicyclic) bond motifs is 1. The highest BCUT2D eigenvalue weighted by atomic mass is 19.4. The van der Waals surface area contributed by atoms with Crippen LogP contribution in [0.2, 0.25) is 0 Å². The molecule has 1 aliphatic carbocycles. The molecule has 5 heteroatoms. The van der Waals surface area contributed by atoms with E-state index < -0.39 is 11.7 Å². The van der Waals surface area contributed by atoms with Crippen LogP contribution in [-0.2, 0) is 23.8 Å². The van der Waals surface area contributed by atoms with Crippen LogP contribution in [-0.4, -0.2) is 5.91 Å². The van der Waals surface area contributed by atoms with Gasteiger partial charge in [0.1, 0.15) is 0 Å². The molecule has 24 heavy (non-hydrogen) atoms. The summed E-state index contributed by atoms with van der Waals surface area (Å²) in [5.74, 6) is -0.370. The molecule has 3 rings (SSSR count). The molecule has 0 aromatic heterocycles. The largest absolute Gasteiger partial charge is 0.416 e. The fraction of sp³-hybridized carbons (Fsp3) is 0.211. The first-order valence-corrected chi connectivity index (χ1v) is 7.70. The predicted molar refractivity (Wildman–Crippen MR) is 87.6 cm³/mol. The number of benzene rings is 2. The zero-order valence-electron chi connectivity index (χ0n) is 12.9. The van der Waals surface area contributed by atoms with Gasteiger partial charge in [-0.05, 0) is 66.3 Å². The molecule has 1 amide bonds. The van der Waals surface area contributed by atoms with Crippen molar-refractivity contribution in [2.45, 2.75) is 25.4 Å². The van der Waals surface area contributed by atoms with E-state index in [4.69, 9.17) is 0 Å². The maximum atomic E-state index is 12.7. The van der Waals surface area contributed by atoms with Crippen LogP contribution >= 0.6 is 0 Å². The summed E-state index contributed by atoms with van der Waals surface area (Å²) in [6.45, 7) is 0. The third-order valence-corrected chi connectivity index (χ3v) is 4.01. The van der Waals surface area contributed by atoms with Gasteiger partial charge in [-0.1, -0.05) is 18.2 Å². The van der Waals surface area contributed by atoms with E-state index in [1.807, 2.05) is 18.2 Å². The van der Waals surface area contributed by atoms with Gasteiger partial charge >= 0.3 is 6.18 Å². The summed E-state index contributed by atoms with van der Waals surface area (Å²) in [5, 5.41) is 2.74. The van der Waals surface area contributed by atoms with Gasteiger partial charge in [0.15, 0.2) is 0 Å². The molecule has 0 radical (unpaired) electrons. The fourth-order valence-corrected chi connectivity index (χ4v) is 2.82. The first-order valence-electron chi connectivity index (χ1n) is 7.70. The van der Waals surface area contributed by atoms with Crippen LogP contribution in [0.4, 0.5) is 18.9 Å². The number of hydrogen-bond donors (Lipinski definition) is 1. The lowest BCUT2D eigenvalue weighted by Crippen LogP contribution is -2.08. The van der Waals surface area contributed by atoms with Crippen molar-refractivity contribution in [2.75, 3.05) is 5.32 Å². The first kappa shape index (κ1) is 16.3. The fourth-order valence-electron chi connectivity index (χ4n) is 2.82. The second-order valence-corrected chi connectivity index (χ2v) is 5.78.